The van der Waals surface area contributed by atoms with Gasteiger partial charge < -0.3 is 5.32 Å². The Morgan fingerprint density at radius 3 is 2.13 bits per heavy atom. The van der Waals surface area contributed by atoms with Gasteiger partial charge in [0.05, 0.1) is 10.6 Å². The van der Waals surface area contributed by atoms with Crippen LogP contribution in [0.5, 0.6) is 0 Å². The van der Waals surface area contributed by atoms with Crippen LogP contribution in [0.1, 0.15) is 11.1 Å². The summed E-state index contributed by atoms with van der Waals surface area (Å²) in [5.41, 5.74) is 4.12. The molecule has 5 nitrogen and oxygen atoms in total. The predicted molar refractivity (Wildman–Crippen MR) is 124 cm³/mol. The first-order valence-corrected chi connectivity index (χ1v) is 12.2. The molecule has 0 atom stereocenters. The lowest BCUT2D eigenvalue weighted by atomic mass is 10.0. The number of thiazole rings is 1. The molecule has 4 rings (SSSR count). The molecule has 0 unspecified atom stereocenters. The topological polar surface area (TPSA) is 76.1 Å². The summed E-state index contributed by atoms with van der Waals surface area (Å²) in [6.07, 6.45) is 0.857. The summed E-state index contributed by atoms with van der Waals surface area (Å²) in [5, 5.41) is 4.80. The quantitative estimate of drug-likeness (QED) is 0.440. The van der Waals surface area contributed by atoms with Crippen molar-refractivity contribution < 1.29 is 13.2 Å². The molecule has 0 spiro atoms. The van der Waals surface area contributed by atoms with E-state index < -0.39 is 21.5 Å². The van der Waals surface area contributed by atoms with E-state index in [2.05, 4.69) is 34.6 Å². The van der Waals surface area contributed by atoms with E-state index >= 15 is 0 Å². The predicted octanol–water partition coefficient (Wildman–Crippen LogP) is 4.81. The number of hydrogen-bond donors (Lipinski definition) is 1. The number of carbonyl (C=O) groups excluding carboxylic acids is 1. The van der Waals surface area contributed by atoms with Gasteiger partial charge in [0, 0.05) is 10.9 Å². The average Bonchev–Trinajstić information content (AvgIpc) is 3.23. The highest BCUT2D eigenvalue weighted by atomic mass is 32.2. The van der Waals surface area contributed by atoms with Crippen LogP contribution >= 0.6 is 11.3 Å². The van der Waals surface area contributed by atoms with Crippen molar-refractivity contribution in [3.8, 4) is 11.3 Å². The molecule has 0 aliphatic carbocycles. The van der Waals surface area contributed by atoms with Gasteiger partial charge in [0.1, 0.15) is 5.75 Å². The van der Waals surface area contributed by atoms with E-state index in [0.29, 0.717) is 5.13 Å². The van der Waals surface area contributed by atoms with E-state index in [-0.39, 0.29) is 4.90 Å². The minimum Gasteiger partial charge on any atom is -0.301 e. The number of anilines is 1. The first-order chi connectivity index (χ1) is 15.0. The number of nitrogens with zero attached hydrogens (tertiary/aromatic N) is 1. The van der Waals surface area contributed by atoms with Crippen LogP contribution in [0.2, 0.25) is 0 Å². The second kappa shape index (κ2) is 9.24. The fourth-order valence-corrected chi connectivity index (χ4v) is 5.02. The van der Waals surface area contributed by atoms with Crippen molar-refractivity contribution in [2.75, 3.05) is 11.1 Å². The maximum atomic E-state index is 12.3. The Morgan fingerprint density at radius 2 is 1.45 bits per heavy atom. The highest BCUT2D eigenvalue weighted by Gasteiger charge is 2.20. The van der Waals surface area contributed by atoms with E-state index in [1.165, 1.54) is 34.6 Å². The summed E-state index contributed by atoms with van der Waals surface area (Å²) >= 11 is 1.26. The SMILES string of the molecule is O=C(CS(=O)(=O)c1ccccc1)Nc1nc(-c2ccc(Cc3ccccc3)cc2)cs1. The summed E-state index contributed by atoms with van der Waals surface area (Å²) in [5.74, 6) is -1.23. The van der Waals surface area contributed by atoms with E-state index in [1.807, 2.05) is 35.7 Å². The number of nitrogens with one attached hydrogen (secondary N) is 1. The van der Waals surface area contributed by atoms with Crippen molar-refractivity contribution in [1.29, 1.82) is 0 Å². The largest absolute Gasteiger partial charge is 0.301 e. The zero-order valence-electron chi connectivity index (χ0n) is 16.6. The number of rotatable bonds is 7. The zero-order valence-corrected chi connectivity index (χ0v) is 18.2. The molecule has 0 radical (unpaired) electrons. The Balaban J connectivity index is 1.39. The fourth-order valence-electron chi connectivity index (χ4n) is 3.13. The molecule has 7 heteroatoms. The van der Waals surface area contributed by atoms with Gasteiger partial charge in [-0.2, -0.15) is 0 Å². The van der Waals surface area contributed by atoms with Crippen molar-refractivity contribution >= 4 is 32.2 Å². The third kappa shape index (κ3) is 5.45. The first-order valence-electron chi connectivity index (χ1n) is 9.66. The number of carbonyl (C=O) groups is 1. The molecule has 0 aliphatic rings. The number of hydrogen-bond acceptors (Lipinski definition) is 5. The van der Waals surface area contributed by atoms with Gasteiger partial charge in [0.25, 0.3) is 0 Å². The van der Waals surface area contributed by atoms with Crippen molar-refractivity contribution in [3.63, 3.8) is 0 Å². The van der Waals surface area contributed by atoms with Crippen molar-refractivity contribution in [3.05, 3.63) is 101 Å². The van der Waals surface area contributed by atoms with Crippen LogP contribution in [0, 0.1) is 0 Å². The summed E-state index contributed by atoms with van der Waals surface area (Å²) < 4.78 is 24.7. The molecule has 3 aromatic carbocycles. The van der Waals surface area contributed by atoms with Gasteiger partial charge in [-0.3, -0.25) is 4.79 Å². The van der Waals surface area contributed by atoms with Gasteiger partial charge in [-0.15, -0.1) is 11.3 Å². The van der Waals surface area contributed by atoms with Crippen molar-refractivity contribution in [2.45, 2.75) is 11.3 Å². The Hall–Kier alpha value is -3.29. The number of amides is 1. The van der Waals surface area contributed by atoms with Crippen LogP contribution < -0.4 is 5.32 Å². The third-order valence-corrected chi connectivity index (χ3v) is 7.07. The molecule has 1 amide bonds. The van der Waals surface area contributed by atoms with E-state index in [0.717, 1.165) is 17.7 Å². The molecule has 0 fully saturated rings. The Morgan fingerprint density at radius 1 is 0.839 bits per heavy atom. The van der Waals surface area contributed by atoms with E-state index in [9.17, 15) is 13.2 Å². The molecule has 0 saturated carbocycles. The molecule has 31 heavy (non-hydrogen) atoms. The van der Waals surface area contributed by atoms with Gasteiger partial charge in [-0.05, 0) is 29.7 Å². The lowest BCUT2D eigenvalue weighted by Gasteiger charge is -2.04. The summed E-state index contributed by atoms with van der Waals surface area (Å²) in [7, 11) is -3.69. The average molecular weight is 449 g/mol. The molecular formula is C24H20N2O3S2. The highest BCUT2D eigenvalue weighted by molar-refractivity contribution is 7.92. The second-order valence-corrected chi connectivity index (χ2v) is 9.87. The van der Waals surface area contributed by atoms with Crippen molar-refractivity contribution in [1.82, 2.24) is 4.98 Å². The normalized spacial score (nSPS) is 11.2. The fraction of sp³-hybridized carbons (Fsp3) is 0.0833. The molecule has 1 heterocycles. The standard InChI is InChI=1S/C24H20N2O3S2/c27-23(17-31(28,29)21-9-5-2-6-10-21)26-24-25-22(16-30-24)20-13-11-19(12-14-20)15-18-7-3-1-4-8-18/h1-14,16H,15,17H2,(H,25,26,27). The van der Waals surface area contributed by atoms with Crippen LogP contribution in [-0.4, -0.2) is 25.1 Å². The van der Waals surface area contributed by atoms with E-state index in [1.54, 1.807) is 18.2 Å². The van der Waals surface area contributed by atoms with Crippen LogP contribution in [0.15, 0.2) is 95.2 Å². The van der Waals surface area contributed by atoms with Gasteiger partial charge in [0.15, 0.2) is 15.0 Å². The molecule has 0 aliphatic heterocycles. The third-order valence-electron chi connectivity index (χ3n) is 4.67. The van der Waals surface area contributed by atoms with Crippen molar-refractivity contribution in [2.24, 2.45) is 0 Å². The molecule has 156 valence electrons. The molecule has 0 bridgehead atoms. The summed E-state index contributed by atoms with van der Waals surface area (Å²) in [6.45, 7) is 0. The van der Waals surface area contributed by atoms with Crippen LogP contribution in [0.3, 0.4) is 0 Å². The van der Waals surface area contributed by atoms with Gasteiger partial charge >= 0.3 is 0 Å². The molecule has 4 aromatic rings. The van der Waals surface area contributed by atoms with Crippen LogP contribution in [-0.2, 0) is 21.1 Å². The minimum absolute atomic E-state index is 0.126. The summed E-state index contributed by atoms with van der Waals surface area (Å²) in [6, 6.07) is 26.3. The van der Waals surface area contributed by atoms with Gasteiger partial charge in [-0.25, -0.2) is 13.4 Å². The van der Waals surface area contributed by atoms with Gasteiger partial charge in [-0.1, -0.05) is 72.8 Å². The Kier molecular flexibility index (Phi) is 6.25. The minimum atomic E-state index is -3.69. The zero-order chi connectivity index (χ0) is 21.7. The maximum absolute atomic E-state index is 12.3. The smallest absolute Gasteiger partial charge is 0.241 e. The molecule has 0 saturated heterocycles. The number of benzene rings is 3. The van der Waals surface area contributed by atoms with E-state index in [4.69, 9.17) is 0 Å². The maximum Gasteiger partial charge on any atom is 0.241 e. The molecule has 1 aromatic heterocycles. The van der Waals surface area contributed by atoms with Crippen LogP contribution in [0.25, 0.3) is 11.3 Å². The second-order valence-electron chi connectivity index (χ2n) is 7.02. The van der Waals surface area contributed by atoms with Gasteiger partial charge in [0.2, 0.25) is 5.91 Å². The number of aromatic nitrogens is 1. The monoisotopic (exact) mass is 448 g/mol. The number of sulfone groups is 1. The first kappa shape index (κ1) is 21.0. The molecule has 1 N–H and O–H groups in total. The summed E-state index contributed by atoms with van der Waals surface area (Å²) in [4.78, 5) is 16.8. The Bertz CT molecular complexity index is 1270. The lowest BCUT2D eigenvalue weighted by Crippen LogP contribution is -2.22. The highest BCUT2D eigenvalue weighted by Crippen LogP contribution is 2.26. The molecular weight excluding hydrogens is 428 g/mol. The Labute approximate surface area is 185 Å². The lowest BCUT2D eigenvalue weighted by molar-refractivity contribution is -0.113. The van der Waals surface area contributed by atoms with Crippen LogP contribution in [0.4, 0.5) is 5.13 Å².